The molecule has 2 heterocycles. The van der Waals surface area contributed by atoms with Crippen LogP contribution >= 0.6 is 27.5 Å². The molecular weight excluding hydrogens is 634 g/mol. The molecule has 0 aliphatic carbocycles. The molecule has 2 aromatic heterocycles. The first-order valence-corrected chi connectivity index (χ1v) is 16.4. The van der Waals surface area contributed by atoms with Gasteiger partial charge in [-0.3, -0.25) is 0 Å². The maximum Gasteiger partial charge on any atom is 0.209 e. The van der Waals surface area contributed by atoms with Crippen LogP contribution in [0.1, 0.15) is 0 Å². The summed E-state index contributed by atoms with van der Waals surface area (Å²) in [5.74, 6) is 0. The number of aromatic nitrogens is 3. The lowest BCUT2D eigenvalue weighted by molar-refractivity contribution is 1.18. The summed E-state index contributed by atoms with van der Waals surface area (Å²) in [6, 6.07) is 52.8. The number of rotatable bonds is 4. The first-order valence-electron chi connectivity index (χ1n) is 14.9. The monoisotopic (exact) mass is 657 g/mol. The van der Waals surface area contributed by atoms with E-state index in [-0.39, 0.29) is 0 Å². The van der Waals surface area contributed by atoms with Crippen LogP contribution in [0.25, 0.3) is 81.9 Å². The Bertz CT molecular complexity index is 2410. The van der Waals surface area contributed by atoms with Gasteiger partial charge in [-0.1, -0.05) is 97.1 Å². The maximum absolute atomic E-state index is 4.51. The normalized spacial score (nSPS) is 11.7. The second kappa shape index (κ2) is 10.5. The van der Waals surface area contributed by atoms with Gasteiger partial charge in [0.05, 0.1) is 11.0 Å². The highest BCUT2D eigenvalue weighted by Crippen LogP contribution is 2.40. The van der Waals surface area contributed by atoms with Gasteiger partial charge in [-0.25, -0.2) is 4.98 Å². The number of nitrogens with zero attached hydrogens (tertiary/aromatic N) is 3. The van der Waals surface area contributed by atoms with E-state index < -0.39 is 0 Å². The van der Waals surface area contributed by atoms with Crippen molar-refractivity contribution in [3.05, 3.63) is 150 Å². The molecule has 5 heteroatoms. The summed E-state index contributed by atoms with van der Waals surface area (Å²) < 4.78 is 7.30. The van der Waals surface area contributed by atoms with E-state index in [1.54, 1.807) is 0 Å². The highest BCUT2D eigenvalue weighted by Gasteiger charge is 2.16. The molecule has 0 atom stereocenters. The van der Waals surface area contributed by atoms with Crippen LogP contribution in [0.15, 0.2) is 150 Å². The zero-order valence-corrected chi connectivity index (χ0v) is 26.4. The molecule has 0 saturated carbocycles. The topological polar surface area (TPSA) is 30.7 Å². The molecule has 0 amide bonds. The zero-order chi connectivity index (χ0) is 29.9. The summed E-state index contributed by atoms with van der Waals surface area (Å²) in [6.07, 6.45) is 0. The van der Waals surface area contributed by atoms with E-state index in [0.29, 0.717) is 4.73 Å². The van der Waals surface area contributed by atoms with Gasteiger partial charge < -0.3 is 4.57 Å². The van der Waals surface area contributed by atoms with Gasteiger partial charge in [0.2, 0.25) is 4.73 Å². The zero-order valence-electron chi connectivity index (χ0n) is 24.0. The fraction of sp³-hybridized carbons (Fsp3) is 0. The molecule has 0 unspecified atom stereocenters. The molecule has 7 aromatic carbocycles. The van der Waals surface area contributed by atoms with Crippen LogP contribution in [0.3, 0.4) is 0 Å². The molecule has 0 aliphatic heterocycles. The lowest BCUT2D eigenvalue weighted by Crippen LogP contribution is -1.94. The van der Waals surface area contributed by atoms with Crippen molar-refractivity contribution in [3.63, 3.8) is 0 Å². The van der Waals surface area contributed by atoms with Crippen molar-refractivity contribution in [1.82, 2.24) is 13.9 Å². The van der Waals surface area contributed by atoms with Crippen LogP contribution in [0.2, 0.25) is 0 Å². The molecular formula is C40H24BrN3S. The second-order valence-electron chi connectivity index (χ2n) is 11.3. The van der Waals surface area contributed by atoms with Crippen LogP contribution in [0.5, 0.6) is 0 Å². The summed E-state index contributed by atoms with van der Waals surface area (Å²) >= 11 is 4.78. The van der Waals surface area contributed by atoms with Crippen LogP contribution in [0.4, 0.5) is 0 Å². The third-order valence-corrected chi connectivity index (χ3v) is 10.1. The number of benzene rings is 7. The van der Waals surface area contributed by atoms with Gasteiger partial charge in [-0.05, 0) is 120 Å². The fourth-order valence-electron chi connectivity index (χ4n) is 6.67. The Balaban J connectivity index is 1.29. The molecule has 0 bridgehead atoms. The van der Waals surface area contributed by atoms with E-state index >= 15 is 0 Å². The van der Waals surface area contributed by atoms with Crippen LogP contribution in [-0.2, 0) is 0 Å². The lowest BCUT2D eigenvalue weighted by atomic mass is 9.95. The molecule has 0 aliphatic rings. The highest BCUT2D eigenvalue weighted by atomic mass is 79.9. The molecule has 45 heavy (non-hydrogen) atoms. The quantitative estimate of drug-likeness (QED) is 0.188. The Morgan fingerprint density at radius 2 is 1.00 bits per heavy atom. The average Bonchev–Trinajstić information content (AvgIpc) is 3.68. The lowest BCUT2D eigenvalue weighted by Gasteiger charge is -2.10. The molecule has 0 N–H and O–H groups in total. The summed E-state index contributed by atoms with van der Waals surface area (Å²) in [5.41, 5.74) is 9.43. The molecule has 9 aromatic rings. The van der Waals surface area contributed by atoms with Crippen molar-refractivity contribution in [2.24, 2.45) is 0 Å². The van der Waals surface area contributed by atoms with Gasteiger partial charge in [0.1, 0.15) is 5.01 Å². The molecule has 3 nitrogen and oxygen atoms in total. The van der Waals surface area contributed by atoms with E-state index in [1.165, 1.54) is 77.1 Å². The van der Waals surface area contributed by atoms with Crippen LogP contribution in [-0.4, -0.2) is 13.9 Å². The van der Waals surface area contributed by atoms with Crippen LogP contribution in [0, 0.1) is 0 Å². The van der Waals surface area contributed by atoms with Crippen molar-refractivity contribution >= 4 is 70.8 Å². The molecule has 0 saturated heterocycles. The third kappa shape index (κ3) is 4.39. The van der Waals surface area contributed by atoms with Gasteiger partial charge >= 0.3 is 0 Å². The smallest absolute Gasteiger partial charge is 0.209 e. The summed E-state index contributed by atoms with van der Waals surface area (Å²) in [4.78, 5) is 4.51. The number of halogens is 1. The Kier molecular flexibility index (Phi) is 6.15. The van der Waals surface area contributed by atoms with Crippen molar-refractivity contribution in [3.8, 4) is 38.5 Å². The summed E-state index contributed by atoms with van der Waals surface area (Å²) in [5, 5.41) is 8.38. The molecule has 0 fully saturated rings. The molecule has 0 radical (unpaired) electrons. The maximum atomic E-state index is 4.51. The Morgan fingerprint density at radius 3 is 1.53 bits per heavy atom. The van der Waals surface area contributed by atoms with Crippen molar-refractivity contribution in [2.45, 2.75) is 0 Å². The molecule has 0 spiro atoms. The van der Waals surface area contributed by atoms with Gasteiger partial charge in [0, 0.05) is 22.0 Å². The van der Waals surface area contributed by atoms with E-state index in [1.807, 2.05) is 0 Å². The highest BCUT2D eigenvalue weighted by molar-refractivity contribution is 9.10. The average molecular weight is 659 g/mol. The van der Waals surface area contributed by atoms with E-state index in [4.69, 9.17) is 0 Å². The van der Waals surface area contributed by atoms with Crippen molar-refractivity contribution < 1.29 is 0 Å². The van der Waals surface area contributed by atoms with Gasteiger partial charge in [-0.15, -0.1) is 0 Å². The van der Waals surface area contributed by atoms with Gasteiger partial charge in [0.15, 0.2) is 0 Å². The minimum Gasteiger partial charge on any atom is -0.309 e. The summed E-state index contributed by atoms with van der Waals surface area (Å²) in [6.45, 7) is 0. The van der Waals surface area contributed by atoms with Gasteiger partial charge in [-0.2, -0.15) is 4.37 Å². The number of hydrogen-bond donors (Lipinski definition) is 0. The van der Waals surface area contributed by atoms with Crippen molar-refractivity contribution in [1.29, 1.82) is 0 Å². The Labute approximate surface area is 272 Å². The Hall–Kier alpha value is -5.10. The van der Waals surface area contributed by atoms with E-state index in [2.05, 4.69) is 175 Å². The Morgan fingerprint density at radius 1 is 0.489 bits per heavy atom. The molecule has 9 rings (SSSR count). The van der Waals surface area contributed by atoms with E-state index in [0.717, 1.165) is 16.3 Å². The van der Waals surface area contributed by atoms with Gasteiger partial charge in [0.25, 0.3) is 0 Å². The first-order chi connectivity index (χ1) is 22.2. The predicted molar refractivity (Wildman–Crippen MR) is 193 cm³/mol. The standard InChI is InChI=1S/C40H24BrN3S/c41-40-42-39(45-43-40)27-15-19-30(20-16-27)44-37-21-17-28(33-13-5-9-25-7-1-3-11-31(25)33)23-35(37)36-24-29(18-22-38(36)44)34-14-6-10-26-8-2-4-12-32(26)34/h1-24H. The second-order valence-corrected chi connectivity index (χ2v) is 12.7. The third-order valence-electron chi connectivity index (χ3n) is 8.74. The van der Waals surface area contributed by atoms with Crippen molar-refractivity contribution in [2.75, 3.05) is 0 Å². The SMILES string of the molecule is Brc1nsc(-c2ccc(-n3c4ccc(-c5cccc6ccccc56)cc4c4cc(-c5cccc6ccccc56)ccc43)cc2)n1. The first kappa shape index (κ1) is 26.3. The number of hydrogen-bond acceptors (Lipinski definition) is 3. The largest absolute Gasteiger partial charge is 0.309 e. The molecule has 212 valence electrons. The predicted octanol–water partition coefficient (Wildman–Crippen LogP) is 11.7. The summed E-state index contributed by atoms with van der Waals surface area (Å²) in [7, 11) is 0. The fourth-order valence-corrected chi connectivity index (χ4v) is 7.75. The number of fused-ring (bicyclic) bond motifs is 5. The minimum absolute atomic E-state index is 0.623. The minimum atomic E-state index is 0.623. The van der Waals surface area contributed by atoms with E-state index in [9.17, 15) is 0 Å². The van der Waals surface area contributed by atoms with Crippen LogP contribution < -0.4 is 0 Å².